The van der Waals surface area contributed by atoms with E-state index in [4.69, 9.17) is 0 Å². The highest BCUT2D eigenvalue weighted by atomic mass is 15.1. The number of aryl methyl sites for hydroxylation is 1. The van der Waals surface area contributed by atoms with Gasteiger partial charge in [-0.1, -0.05) is 179 Å². The number of fused-ring (bicyclic) bond motifs is 3. The first kappa shape index (κ1) is 38.4. The summed E-state index contributed by atoms with van der Waals surface area (Å²) in [7, 11) is 0. The van der Waals surface area contributed by atoms with Crippen LogP contribution >= 0.6 is 0 Å². The van der Waals surface area contributed by atoms with Crippen molar-refractivity contribution in [2.24, 2.45) is 5.92 Å². The highest BCUT2D eigenvalue weighted by Crippen LogP contribution is 2.42. The van der Waals surface area contributed by atoms with Crippen molar-refractivity contribution in [3.63, 3.8) is 0 Å². The number of hydrogen-bond acceptors (Lipinski definition) is 1. The number of benzene rings is 6. The quantitative estimate of drug-likeness (QED) is 0.126. The predicted octanol–water partition coefficient (Wildman–Crippen LogP) is 16.5. The first-order valence-corrected chi connectivity index (χ1v) is 21.0. The monoisotopic (exact) mass is 751 g/mol. The molecule has 1 heteroatoms. The second-order valence-corrected chi connectivity index (χ2v) is 15.5. The zero-order valence-electron chi connectivity index (χ0n) is 34.2. The summed E-state index contributed by atoms with van der Waals surface area (Å²) in [5.41, 5.74) is 15.0. The van der Waals surface area contributed by atoms with Crippen molar-refractivity contribution in [3.8, 4) is 11.1 Å². The van der Waals surface area contributed by atoms with Gasteiger partial charge in [0.1, 0.15) is 0 Å². The summed E-state index contributed by atoms with van der Waals surface area (Å²) in [6, 6.07) is 43.0. The summed E-state index contributed by atoms with van der Waals surface area (Å²) in [4.78, 5) is 2.41. The van der Waals surface area contributed by atoms with Crippen LogP contribution in [0.3, 0.4) is 0 Å². The molecule has 0 saturated heterocycles. The molecule has 0 aliphatic heterocycles. The molecule has 6 aromatic rings. The first-order valence-electron chi connectivity index (χ1n) is 21.0. The minimum Gasteiger partial charge on any atom is -0.310 e. The molecule has 0 radical (unpaired) electrons. The Morgan fingerprint density at radius 1 is 0.741 bits per heavy atom. The summed E-state index contributed by atoms with van der Waals surface area (Å²) in [6.07, 6.45) is 31.7. The molecular weight excluding hydrogens is 699 g/mol. The van der Waals surface area contributed by atoms with E-state index in [1.54, 1.807) is 0 Å². The van der Waals surface area contributed by atoms with Gasteiger partial charge < -0.3 is 4.90 Å². The maximum atomic E-state index is 4.34. The number of rotatable bonds is 10. The van der Waals surface area contributed by atoms with Gasteiger partial charge in [-0.25, -0.2) is 0 Å². The Morgan fingerprint density at radius 2 is 1.45 bits per heavy atom. The van der Waals surface area contributed by atoms with Gasteiger partial charge in [0.05, 0.1) is 0 Å². The third-order valence-electron chi connectivity index (χ3n) is 11.5. The van der Waals surface area contributed by atoms with E-state index in [0.29, 0.717) is 5.92 Å². The van der Waals surface area contributed by atoms with Gasteiger partial charge in [0.2, 0.25) is 0 Å². The van der Waals surface area contributed by atoms with E-state index in [1.807, 2.05) is 0 Å². The van der Waals surface area contributed by atoms with Crippen LogP contribution in [-0.4, -0.2) is 0 Å². The molecule has 6 aromatic carbocycles. The molecule has 0 bridgehead atoms. The van der Waals surface area contributed by atoms with Crippen LogP contribution in [-0.2, 0) is 6.42 Å². The lowest BCUT2D eigenvalue weighted by Crippen LogP contribution is -2.10. The zero-order chi connectivity index (χ0) is 39.8. The van der Waals surface area contributed by atoms with Crippen LogP contribution in [0.1, 0.15) is 68.7 Å². The molecular formula is C57H53N. The topological polar surface area (TPSA) is 3.24 Å². The molecule has 286 valence electrons. The predicted molar refractivity (Wildman–Crippen MR) is 255 cm³/mol. The Morgan fingerprint density at radius 3 is 2.17 bits per heavy atom. The normalized spacial score (nSPS) is 18.9. The molecule has 0 spiro atoms. The highest BCUT2D eigenvalue weighted by Gasteiger charge is 2.19. The van der Waals surface area contributed by atoms with E-state index in [0.717, 1.165) is 49.2 Å². The van der Waals surface area contributed by atoms with Gasteiger partial charge in [-0.3, -0.25) is 0 Å². The van der Waals surface area contributed by atoms with Gasteiger partial charge in [-0.2, -0.15) is 0 Å². The number of nitrogens with zero attached hydrogens (tertiary/aromatic N) is 1. The number of allylic oxidation sites excluding steroid dienone is 13. The summed E-state index contributed by atoms with van der Waals surface area (Å²) >= 11 is 0. The van der Waals surface area contributed by atoms with E-state index in [9.17, 15) is 0 Å². The summed E-state index contributed by atoms with van der Waals surface area (Å²) in [5.74, 6) is 0.352. The molecule has 0 fully saturated rings. The van der Waals surface area contributed by atoms with Crippen LogP contribution in [0.5, 0.6) is 0 Å². The zero-order valence-corrected chi connectivity index (χ0v) is 34.2. The van der Waals surface area contributed by atoms with Crippen molar-refractivity contribution < 1.29 is 0 Å². The van der Waals surface area contributed by atoms with Crippen LogP contribution in [0.15, 0.2) is 194 Å². The Hall–Kier alpha value is -6.44. The van der Waals surface area contributed by atoms with Crippen LogP contribution in [0.25, 0.3) is 50.4 Å². The molecule has 2 aliphatic carbocycles. The lowest BCUT2D eigenvalue weighted by atomic mass is 9.86. The second kappa shape index (κ2) is 17.8. The largest absolute Gasteiger partial charge is 0.310 e. The fourth-order valence-corrected chi connectivity index (χ4v) is 8.75. The van der Waals surface area contributed by atoms with E-state index in [1.165, 1.54) is 71.6 Å². The Balaban J connectivity index is 1.28. The third-order valence-corrected chi connectivity index (χ3v) is 11.5. The molecule has 0 amide bonds. The van der Waals surface area contributed by atoms with E-state index < -0.39 is 0 Å². The highest BCUT2D eigenvalue weighted by molar-refractivity contribution is 6.02. The average Bonchev–Trinajstić information content (AvgIpc) is 3.26. The molecule has 58 heavy (non-hydrogen) atoms. The fraction of sp³-hybridized carbons (Fsp3) is 0.158. The Bertz CT molecular complexity index is 2670. The molecule has 1 unspecified atom stereocenters. The molecule has 0 saturated carbocycles. The molecule has 0 heterocycles. The Kier molecular flexibility index (Phi) is 11.8. The van der Waals surface area contributed by atoms with E-state index in [2.05, 4.69) is 220 Å². The molecule has 1 atom stereocenters. The average molecular weight is 752 g/mol. The van der Waals surface area contributed by atoms with Crippen LogP contribution < -0.4 is 4.90 Å². The van der Waals surface area contributed by atoms with Gasteiger partial charge in [0.15, 0.2) is 0 Å². The van der Waals surface area contributed by atoms with Crippen LogP contribution in [0, 0.1) is 5.92 Å². The van der Waals surface area contributed by atoms with E-state index in [-0.39, 0.29) is 0 Å². The molecule has 0 N–H and O–H groups in total. The molecule has 8 rings (SSSR count). The van der Waals surface area contributed by atoms with Crippen molar-refractivity contribution in [3.05, 3.63) is 216 Å². The van der Waals surface area contributed by atoms with E-state index >= 15 is 0 Å². The van der Waals surface area contributed by atoms with Crippen LogP contribution in [0.2, 0.25) is 0 Å². The smallest absolute Gasteiger partial charge is 0.0473 e. The Labute approximate surface area is 345 Å². The van der Waals surface area contributed by atoms with Crippen molar-refractivity contribution in [2.45, 2.75) is 52.9 Å². The minimum absolute atomic E-state index is 0.352. The SMILES string of the molecule is C=CC1=C(\c2ccc(N(c3ccc(-c4c5c(cc6ccccc46)CCC=C5)cc3)c3cc(/C=C\C=C/C)c4ccccc4c3)cc2)C/C=C\C=C/C(C)/C=C\1CCC. The third kappa shape index (κ3) is 8.04. The number of anilines is 3. The lowest BCUT2D eigenvalue weighted by Gasteiger charge is -2.27. The fourth-order valence-electron chi connectivity index (χ4n) is 8.75. The van der Waals surface area contributed by atoms with Gasteiger partial charge in [-0.15, -0.1) is 0 Å². The first-order chi connectivity index (χ1) is 28.6. The summed E-state index contributed by atoms with van der Waals surface area (Å²) in [6.45, 7) is 10.9. The summed E-state index contributed by atoms with van der Waals surface area (Å²) in [5, 5.41) is 5.04. The summed E-state index contributed by atoms with van der Waals surface area (Å²) < 4.78 is 0. The van der Waals surface area contributed by atoms with Gasteiger partial charge >= 0.3 is 0 Å². The van der Waals surface area contributed by atoms with Crippen molar-refractivity contribution in [1.82, 2.24) is 0 Å². The van der Waals surface area contributed by atoms with Crippen molar-refractivity contribution >= 4 is 56.3 Å². The standard InChI is InChI=1S/C57H53N/c1-5-8-10-21-47-39-51(40-48-24-13-16-25-53(47)48)58(49-33-29-42(30-34-49)54-26-12-9-11-20-41(4)37-44(19-6-2)52(54)7-3)50-35-31-43(32-36-50)57-55-27-17-14-22-45(55)38-46-23-15-18-28-56(46)57/h5,7-14,16-18,20-22,24-25,27-41H,3,6,15,19,23,26H2,1-2,4H3/b8-5-,12-9-,20-11-,21-10-,44-37-,54-52+. The van der Waals surface area contributed by atoms with Gasteiger partial charge in [0, 0.05) is 17.1 Å². The van der Waals surface area contributed by atoms with Crippen molar-refractivity contribution in [1.29, 1.82) is 0 Å². The molecule has 2 aliphatic rings. The molecule has 1 nitrogen and oxygen atoms in total. The second-order valence-electron chi connectivity index (χ2n) is 15.5. The van der Waals surface area contributed by atoms with Crippen LogP contribution in [0.4, 0.5) is 17.1 Å². The van der Waals surface area contributed by atoms with Gasteiger partial charge in [0.25, 0.3) is 0 Å². The maximum Gasteiger partial charge on any atom is 0.0473 e. The van der Waals surface area contributed by atoms with Gasteiger partial charge in [-0.05, 0) is 147 Å². The number of hydrogen-bond donors (Lipinski definition) is 0. The lowest BCUT2D eigenvalue weighted by molar-refractivity contribution is 0.868. The van der Waals surface area contributed by atoms with Crippen molar-refractivity contribution in [2.75, 3.05) is 4.90 Å². The minimum atomic E-state index is 0.352. The maximum absolute atomic E-state index is 4.34. The molecule has 0 aromatic heterocycles.